The molecule has 0 aliphatic heterocycles. The van der Waals surface area contributed by atoms with Crippen molar-refractivity contribution in [1.29, 1.82) is 0 Å². The predicted molar refractivity (Wildman–Crippen MR) is 240 cm³/mol. The average molecular weight is 735 g/mol. The minimum absolute atomic E-state index is 0.258. The van der Waals surface area contributed by atoms with Gasteiger partial charge in [-0.1, -0.05) is 158 Å². The summed E-state index contributed by atoms with van der Waals surface area (Å²) in [6, 6.07) is 58.2. The monoisotopic (exact) mass is 734 g/mol. The summed E-state index contributed by atoms with van der Waals surface area (Å²) in [5, 5.41) is 3.54. The summed E-state index contributed by atoms with van der Waals surface area (Å²) >= 11 is 0. The van der Waals surface area contributed by atoms with Crippen molar-refractivity contribution in [2.75, 3.05) is 0 Å². The number of aromatic nitrogens is 2. The molecule has 1 heterocycles. The van der Waals surface area contributed by atoms with Crippen LogP contribution in [0.2, 0.25) is 0 Å². The van der Waals surface area contributed by atoms with Crippen LogP contribution >= 0.6 is 0 Å². The van der Waals surface area contributed by atoms with Crippen LogP contribution in [0.1, 0.15) is 90.2 Å². The summed E-state index contributed by atoms with van der Waals surface area (Å²) in [5.41, 5.74) is 19.7. The zero-order chi connectivity index (χ0) is 38.5. The Kier molecular flexibility index (Phi) is 8.98. The van der Waals surface area contributed by atoms with Gasteiger partial charge in [0.1, 0.15) is 5.82 Å². The highest BCUT2D eigenvalue weighted by Crippen LogP contribution is 2.49. The number of nitrogens with zero attached hydrogens (tertiary/aromatic N) is 2. The van der Waals surface area contributed by atoms with Gasteiger partial charge >= 0.3 is 0 Å². The largest absolute Gasteiger partial charge is 0.233 e. The average Bonchev–Trinajstić information content (AvgIpc) is 3.42. The molecule has 0 bridgehead atoms. The van der Waals surface area contributed by atoms with Crippen molar-refractivity contribution >= 4 is 38.4 Å². The number of aryl methyl sites for hydroxylation is 1. The topological polar surface area (TPSA) is 25.8 Å². The van der Waals surface area contributed by atoms with E-state index in [0.29, 0.717) is 0 Å². The van der Waals surface area contributed by atoms with E-state index < -0.39 is 0 Å². The second-order valence-corrected chi connectivity index (χ2v) is 15.9. The third kappa shape index (κ3) is 6.21. The molecule has 0 N–H and O–H groups in total. The fourth-order valence-corrected chi connectivity index (χ4v) is 9.78. The quantitative estimate of drug-likeness (QED) is 0.170. The summed E-state index contributed by atoms with van der Waals surface area (Å²) < 4.78 is 0. The van der Waals surface area contributed by atoms with E-state index in [1.165, 1.54) is 77.6 Å². The molecule has 2 atom stereocenters. The van der Waals surface area contributed by atoms with E-state index >= 15 is 0 Å². The van der Waals surface area contributed by atoms with E-state index in [1.54, 1.807) is 0 Å². The van der Waals surface area contributed by atoms with Crippen LogP contribution in [-0.4, -0.2) is 9.97 Å². The number of benzene rings is 7. The molecule has 0 saturated carbocycles. The third-order valence-corrected chi connectivity index (χ3v) is 12.8. The minimum atomic E-state index is 0.258. The normalized spacial score (nSPS) is 16.6. The molecule has 0 fully saturated rings. The summed E-state index contributed by atoms with van der Waals surface area (Å²) in [4.78, 5) is 10.6. The van der Waals surface area contributed by atoms with Gasteiger partial charge in [-0.3, -0.25) is 0 Å². The minimum Gasteiger partial charge on any atom is -0.233 e. The highest BCUT2D eigenvalue weighted by atomic mass is 14.9. The van der Waals surface area contributed by atoms with Crippen LogP contribution in [-0.2, 0) is 12.8 Å². The molecule has 10 rings (SSSR count). The Hall–Kier alpha value is -6.38. The lowest BCUT2D eigenvalue weighted by Crippen LogP contribution is -2.12. The van der Waals surface area contributed by atoms with Crippen molar-refractivity contribution in [2.45, 2.75) is 58.3 Å². The first-order valence-electron chi connectivity index (χ1n) is 20.5. The van der Waals surface area contributed by atoms with Crippen molar-refractivity contribution in [2.24, 2.45) is 0 Å². The molecule has 2 nitrogen and oxygen atoms in total. The first-order valence-corrected chi connectivity index (χ1v) is 20.5. The van der Waals surface area contributed by atoms with Crippen LogP contribution in [0.25, 0.3) is 60.8 Å². The van der Waals surface area contributed by atoms with Crippen molar-refractivity contribution in [1.82, 2.24) is 9.97 Å². The fourth-order valence-electron chi connectivity index (χ4n) is 9.78. The van der Waals surface area contributed by atoms with Crippen LogP contribution in [0.4, 0.5) is 0 Å². The van der Waals surface area contributed by atoms with Crippen LogP contribution in [0.3, 0.4) is 0 Å². The Labute approximate surface area is 336 Å². The first-order chi connectivity index (χ1) is 28.1. The van der Waals surface area contributed by atoms with Gasteiger partial charge in [-0.2, -0.15) is 0 Å². The smallest absolute Gasteiger partial charge is 0.130 e. The Morgan fingerprint density at radius 3 is 2.18 bits per heavy atom. The lowest BCUT2D eigenvalue weighted by Gasteiger charge is -2.31. The first kappa shape index (κ1) is 35.1. The maximum absolute atomic E-state index is 5.41. The van der Waals surface area contributed by atoms with Crippen molar-refractivity contribution in [3.05, 3.63) is 209 Å². The number of para-hydroxylation sites is 1. The molecule has 0 spiro atoms. The maximum atomic E-state index is 5.41. The summed E-state index contributed by atoms with van der Waals surface area (Å²) in [7, 11) is 0. The second kappa shape index (κ2) is 14.6. The van der Waals surface area contributed by atoms with Gasteiger partial charge in [0.25, 0.3) is 0 Å². The maximum Gasteiger partial charge on any atom is 0.130 e. The van der Waals surface area contributed by atoms with Gasteiger partial charge < -0.3 is 0 Å². The van der Waals surface area contributed by atoms with E-state index in [1.807, 2.05) is 0 Å². The zero-order valence-corrected chi connectivity index (χ0v) is 33.0. The highest BCUT2D eigenvalue weighted by molar-refractivity contribution is 6.03. The van der Waals surface area contributed by atoms with Gasteiger partial charge in [0.15, 0.2) is 0 Å². The molecule has 2 aliphatic carbocycles. The molecule has 1 aromatic heterocycles. The standard InChI is InChI=1S/C55H46N2/c1-4-35(2)41-18-7-10-22-45(41)50-34-52(46-23-11-8-19-42(46)36(50)3)39-30-28-38-29-31-40(44-21-9-12-24-47(44)51(38)32-39)33-54-56-53-27-14-13-25-49(53)55(57-54)48-26-15-17-37-16-5-6-20-43(37)48/h4-28,30,32,40,52H,29,31,33-34H2,1-3H3/b35-4-. The third-order valence-electron chi connectivity index (χ3n) is 12.8. The van der Waals surface area contributed by atoms with Gasteiger partial charge in [-0.25, -0.2) is 9.97 Å². The van der Waals surface area contributed by atoms with E-state index in [4.69, 9.17) is 9.97 Å². The Morgan fingerprint density at radius 1 is 0.632 bits per heavy atom. The molecule has 2 heteroatoms. The molecular formula is C55H46N2. The number of hydrogen-bond acceptors (Lipinski definition) is 2. The highest BCUT2D eigenvalue weighted by Gasteiger charge is 2.30. The van der Waals surface area contributed by atoms with Gasteiger partial charge in [0, 0.05) is 23.3 Å². The van der Waals surface area contributed by atoms with Crippen LogP contribution in [0, 0.1) is 0 Å². The van der Waals surface area contributed by atoms with Crippen molar-refractivity contribution < 1.29 is 0 Å². The Morgan fingerprint density at radius 2 is 1.32 bits per heavy atom. The van der Waals surface area contributed by atoms with E-state index in [-0.39, 0.29) is 11.8 Å². The summed E-state index contributed by atoms with van der Waals surface area (Å²) in [6.45, 7) is 6.70. The number of rotatable bonds is 6. The van der Waals surface area contributed by atoms with E-state index in [9.17, 15) is 0 Å². The van der Waals surface area contributed by atoms with Crippen molar-refractivity contribution in [3.63, 3.8) is 0 Å². The molecular weight excluding hydrogens is 689 g/mol. The summed E-state index contributed by atoms with van der Waals surface area (Å²) in [6.07, 6.45) is 6.05. The molecule has 7 aromatic carbocycles. The molecule has 0 saturated heterocycles. The molecule has 0 amide bonds. The molecule has 2 unspecified atom stereocenters. The predicted octanol–water partition coefficient (Wildman–Crippen LogP) is 14.3. The Balaban J connectivity index is 1.04. The van der Waals surface area contributed by atoms with E-state index in [2.05, 4.69) is 185 Å². The van der Waals surface area contributed by atoms with Gasteiger partial charge in [0.2, 0.25) is 0 Å². The van der Waals surface area contributed by atoms with E-state index in [0.717, 1.165) is 53.7 Å². The molecule has 8 aromatic rings. The summed E-state index contributed by atoms with van der Waals surface area (Å²) in [5.74, 6) is 1.46. The molecule has 276 valence electrons. The van der Waals surface area contributed by atoms with Crippen molar-refractivity contribution in [3.8, 4) is 22.4 Å². The fraction of sp³-hybridized carbons (Fsp3) is 0.164. The van der Waals surface area contributed by atoms with Gasteiger partial charge in [0.05, 0.1) is 11.2 Å². The number of hydrogen-bond donors (Lipinski definition) is 0. The van der Waals surface area contributed by atoms with Crippen LogP contribution in [0.5, 0.6) is 0 Å². The molecule has 0 radical (unpaired) electrons. The molecule has 2 aliphatic rings. The van der Waals surface area contributed by atoms with Crippen LogP contribution in [0.15, 0.2) is 164 Å². The number of fused-ring (bicyclic) bond motifs is 6. The second-order valence-electron chi connectivity index (χ2n) is 15.9. The van der Waals surface area contributed by atoms with Crippen LogP contribution < -0.4 is 0 Å². The Bertz CT molecular complexity index is 2900. The zero-order valence-electron chi connectivity index (χ0n) is 33.0. The van der Waals surface area contributed by atoms with Gasteiger partial charge in [-0.15, -0.1) is 0 Å². The number of allylic oxidation sites excluding steroid dienone is 4. The molecule has 57 heavy (non-hydrogen) atoms. The lowest BCUT2D eigenvalue weighted by atomic mass is 9.73. The SMILES string of the molecule is C/C=C(/C)c1ccccc1C1=C(C)c2ccccc2C(c2ccc3c(c2)-c2ccccc2C(Cc2nc(-c4cccc5ccccc45)c4ccccc4n2)CC3)C1. The van der Waals surface area contributed by atoms with Gasteiger partial charge in [-0.05, 0) is 130 Å². The lowest BCUT2D eigenvalue weighted by molar-refractivity contribution is 0.611.